The van der Waals surface area contributed by atoms with Gasteiger partial charge in [0.05, 0.1) is 17.8 Å². The van der Waals surface area contributed by atoms with Crippen LogP contribution >= 0.6 is 11.3 Å². The molecule has 2 aromatic rings. The summed E-state index contributed by atoms with van der Waals surface area (Å²) in [7, 11) is 0. The van der Waals surface area contributed by atoms with E-state index in [0.717, 1.165) is 13.1 Å². The molecule has 0 aliphatic heterocycles. The van der Waals surface area contributed by atoms with Gasteiger partial charge < -0.3 is 0 Å². The average Bonchev–Trinajstić information content (AvgIpc) is 2.63. The third-order valence-corrected chi connectivity index (χ3v) is 3.52. The minimum absolute atomic E-state index is 1.06. The molecule has 0 amide bonds. The molecule has 1 heterocycles. The summed E-state index contributed by atoms with van der Waals surface area (Å²) >= 11 is 1.82. The van der Waals surface area contributed by atoms with E-state index in [4.69, 9.17) is 0 Å². The van der Waals surface area contributed by atoms with E-state index in [2.05, 4.69) is 48.0 Å². The van der Waals surface area contributed by atoms with Gasteiger partial charge in [-0.1, -0.05) is 12.1 Å². The first-order valence-corrected chi connectivity index (χ1v) is 5.82. The Kier molecular flexibility index (Phi) is 2.68. The Morgan fingerprint density at radius 1 is 1.21 bits per heavy atom. The smallest absolute Gasteiger partial charge is 0.253 e. The van der Waals surface area contributed by atoms with Crippen molar-refractivity contribution in [2.75, 3.05) is 18.0 Å². The monoisotopic (exact) mass is 207 g/mol. The Labute approximate surface area is 88.2 Å². The fraction of sp³-hybridized carbons (Fsp3) is 0.364. The summed E-state index contributed by atoms with van der Waals surface area (Å²) in [5.74, 6) is 0. The Bertz CT molecular complexity index is 385. The average molecular weight is 207 g/mol. The molecule has 0 spiro atoms. The lowest BCUT2D eigenvalue weighted by Crippen LogP contribution is -2.26. The maximum atomic E-state index is 3.44. The topological polar surface area (TPSA) is 17.4 Å². The summed E-state index contributed by atoms with van der Waals surface area (Å²) in [6.07, 6.45) is 0. The molecule has 74 valence electrons. The predicted molar refractivity (Wildman–Crippen MR) is 61.9 cm³/mol. The van der Waals surface area contributed by atoms with Gasteiger partial charge in [0, 0.05) is 0 Å². The van der Waals surface area contributed by atoms with Crippen LogP contribution in [0.2, 0.25) is 0 Å². The lowest BCUT2D eigenvalue weighted by Gasteiger charge is -2.07. The van der Waals surface area contributed by atoms with E-state index in [1.165, 1.54) is 15.3 Å². The van der Waals surface area contributed by atoms with Crippen molar-refractivity contribution in [3.05, 3.63) is 24.3 Å². The number of rotatable bonds is 3. The second kappa shape index (κ2) is 3.96. The zero-order chi connectivity index (χ0) is 9.97. The maximum Gasteiger partial charge on any atom is 0.334 e. The first-order chi connectivity index (χ1) is 6.85. The third kappa shape index (κ3) is 1.60. The molecule has 0 atom stereocenters. The molecular weight excluding hydrogens is 192 g/mol. The first-order valence-electron chi connectivity index (χ1n) is 5.01. The summed E-state index contributed by atoms with van der Waals surface area (Å²) in [6.45, 7) is 6.48. The lowest BCUT2D eigenvalue weighted by atomic mass is 10.3. The van der Waals surface area contributed by atoms with E-state index < -0.39 is 0 Å². The second-order valence-electron chi connectivity index (χ2n) is 3.20. The van der Waals surface area contributed by atoms with Crippen LogP contribution in [0.5, 0.6) is 0 Å². The molecule has 2 rings (SSSR count). The lowest BCUT2D eigenvalue weighted by molar-refractivity contribution is -0.324. The number of aromatic nitrogens is 1. The van der Waals surface area contributed by atoms with Gasteiger partial charge in [0.15, 0.2) is 0 Å². The van der Waals surface area contributed by atoms with E-state index in [9.17, 15) is 0 Å². The van der Waals surface area contributed by atoms with Crippen molar-refractivity contribution in [1.82, 2.24) is 0 Å². The minimum Gasteiger partial charge on any atom is -0.253 e. The molecule has 0 unspecified atom stereocenters. The summed E-state index contributed by atoms with van der Waals surface area (Å²) in [4.78, 5) is 5.78. The van der Waals surface area contributed by atoms with Crippen LogP contribution in [0.1, 0.15) is 13.8 Å². The van der Waals surface area contributed by atoms with Gasteiger partial charge in [-0.05, 0) is 37.3 Å². The van der Waals surface area contributed by atoms with Crippen molar-refractivity contribution in [2.24, 2.45) is 0 Å². The highest BCUT2D eigenvalue weighted by Crippen LogP contribution is 2.23. The second-order valence-corrected chi connectivity index (χ2v) is 4.23. The standard InChI is InChI=1S/C11H14N2S/c1-3-13(4-2)11-12-9-7-5-6-8-10(9)14-11/h5-8H,3-4H2,1-2H3/p+1. The number of nitrogens with one attached hydrogen (secondary N) is 1. The molecule has 0 aliphatic rings. The van der Waals surface area contributed by atoms with Gasteiger partial charge in [0.2, 0.25) is 0 Å². The third-order valence-electron chi connectivity index (χ3n) is 2.39. The van der Waals surface area contributed by atoms with Crippen molar-refractivity contribution in [1.29, 1.82) is 0 Å². The number of fused-ring (bicyclic) bond motifs is 1. The fourth-order valence-corrected chi connectivity index (χ4v) is 2.69. The van der Waals surface area contributed by atoms with Crippen LogP contribution < -0.4 is 9.88 Å². The van der Waals surface area contributed by atoms with Crippen molar-refractivity contribution in [3.8, 4) is 0 Å². The fourth-order valence-electron chi connectivity index (χ4n) is 1.56. The Morgan fingerprint density at radius 3 is 2.57 bits per heavy atom. The van der Waals surface area contributed by atoms with Crippen LogP contribution in [0.3, 0.4) is 0 Å². The first kappa shape index (κ1) is 9.46. The van der Waals surface area contributed by atoms with Gasteiger partial charge in [-0.2, -0.15) is 0 Å². The van der Waals surface area contributed by atoms with Crippen molar-refractivity contribution >= 4 is 26.7 Å². The highest BCUT2D eigenvalue weighted by Gasteiger charge is 2.14. The number of thiazole rings is 1. The molecule has 1 aromatic carbocycles. The van der Waals surface area contributed by atoms with Gasteiger partial charge in [-0.25, -0.2) is 4.98 Å². The molecular formula is C11H15N2S+. The molecule has 0 fully saturated rings. The summed E-state index contributed by atoms with van der Waals surface area (Å²) in [6, 6.07) is 8.43. The molecule has 1 N–H and O–H groups in total. The van der Waals surface area contributed by atoms with E-state index in [-0.39, 0.29) is 0 Å². The number of nitrogens with zero attached hydrogens (tertiary/aromatic N) is 1. The van der Waals surface area contributed by atoms with Crippen molar-refractivity contribution in [2.45, 2.75) is 13.8 Å². The Morgan fingerprint density at radius 2 is 1.93 bits per heavy atom. The highest BCUT2D eigenvalue weighted by atomic mass is 32.1. The van der Waals surface area contributed by atoms with Gasteiger partial charge in [-0.15, -0.1) is 0 Å². The van der Waals surface area contributed by atoms with Gasteiger partial charge in [-0.3, -0.25) is 4.90 Å². The number of para-hydroxylation sites is 1. The van der Waals surface area contributed by atoms with Gasteiger partial charge >= 0.3 is 5.13 Å². The molecule has 0 saturated heterocycles. The summed E-state index contributed by atoms with van der Waals surface area (Å²) in [5, 5.41) is 1.26. The van der Waals surface area contributed by atoms with Crippen LogP contribution in [0.25, 0.3) is 10.2 Å². The maximum absolute atomic E-state index is 3.44. The Hall–Kier alpha value is -1.09. The van der Waals surface area contributed by atoms with Gasteiger partial charge in [0.25, 0.3) is 0 Å². The molecule has 0 saturated carbocycles. The summed E-state index contributed by atoms with van der Waals surface area (Å²) in [5.41, 5.74) is 1.24. The zero-order valence-corrected chi connectivity index (χ0v) is 9.40. The van der Waals surface area contributed by atoms with Crippen molar-refractivity contribution < 1.29 is 4.98 Å². The molecule has 3 heteroatoms. The number of hydrogen-bond donors (Lipinski definition) is 0. The molecule has 0 aliphatic carbocycles. The molecule has 0 bridgehead atoms. The number of hydrogen-bond acceptors (Lipinski definition) is 2. The van der Waals surface area contributed by atoms with E-state index in [0.29, 0.717) is 0 Å². The van der Waals surface area contributed by atoms with Crippen molar-refractivity contribution in [3.63, 3.8) is 0 Å². The largest absolute Gasteiger partial charge is 0.334 e. The molecule has 2 nitrogen and oxygen atoms in total. The number of benzene rings is 1. The Balaban J connectivity index is 2.43. The molecule has 14 heavy (non-hydrogen) atoms. The number of anilines is 1. The number of H-pyrrole nitrogens is 1. The molecule has 0 radical (unpaired) electrons. The zero-order valence-electron chi connectivity index (χ0n) is 8.58. The van der Waals surface area contributed by atoms with E-state index in [1.807, 2.05) is 11.3 Å². The van der Waals surface area contributed by atoms with Crippen LogP contribution in [-0.2, 0) is 0 Å². The predicted octanol–water partition coefficient (Wildman–Crippen LogP) is 2.56. The normalized spacial score (nSPS) is 10.7. The van der Waals surface area contributed by atoms with Gasteiger partial charge in [0.1, 0.15) is 5.52 Å². The minimum atomic E-state index is 1.06. The van der Waals surface area contributed by atoms with Crippen LogP contribution in [-0.4, -0.2) is 13.1 Å². The number of aromatic amines is 1. The van der Waals surface area contributed by atoms with Crippen LogP contribution in [0, 0.1) is 0 Å². The summed E-state index contributed by atoms with van der Waals surface area (Å²) < 4.78 is 1.33. The SMILES string of the molecule is CCN(CC)c1[nH+]c2ccccc2s1. The van der Waals surface area contributed by atoms with Crippen LogP contribution in [0.4, 0.5) is 5.13 Å². The highest BCUT2D eigenvalue weighted by molar-refractivity contribution is 7.21. The quantitative estimate of drug-likeness (QED) is 0.756. The van der Waals surface area contributed by atoms with E-state index >= 15 is 0 Å². The molecule has 1 aromatic heterocycles. The van der Waals surface area contributed by atoms with E-state index in [1.54, 1.807) is 0 Å². The van der Waals surface area contributed by atoms with Crippen LogP contribution in [0.15, 0.2) is 24.3 Å².